The van der Waals surface area contributed by atoms with Gasteiger partial charge in [0, 0.05) is 12.0 Å². The first kappa shape index (κ1) is 11.1. The number of fused-ring (bicyclic) bond motifs is 1. The van der Waals surface area contributed by atoms with Gasteiger partial charge in [-0.2, -0.15) is 0 Å². The molecule has 0 saturated heterocycles. The Morgan fingerprint density at radius 3 is 2.61 bits per heavy atom. The Morgan fingerprint density at radius 2 is 1.89 bits per heavy atom. The highest BCUT2D eigenvalue weighted by atomic mass is 16.5. The highest BCUT2D eigenvalue weighted by molar-refractivity contribution is 5.44. The molecule has 0 aliphatic carbocycles. The molecule has 2 nitrogen and oxygen atoms in total. The van der Waals surface area contributed by atoms with Crippen LogP contribution in [0.5, 0.6) is 11.5 Å². The van der Waals surface area contributed by atoms with E-state index in [1.54, 1.807) is 7.11 Å². The summed E-state index contributed by atoms with van der Waals surface area (Å²) in [5.74, 6) is 1.86. The maximum atomic E-state index is 5.98. The van der Waals surface area contributed by atoms with Crippen LogP contribution in [0.2, 0.25) is 0 Å². The molecule has 1 unspecified atom stereocenters. The third-order valence-electron chi connectivity index (χ3n) is 3.39. The van der Waals surface area contributed by atoms with Crippen molar-refractivity contribution in [3.05, 3.63) is 59.2 Å². The molecule has 0 aromatic heterocycles. The van der Waals surface area contributed by atoms with Gasteiger partial charge >= 0.3 is 0 Å². The van der Waals surface area contributed by atoms with E-state index in [1.807, 2.05) is 12.1 Å². The van der Waals surface area contributed by atoms with Gasteiger partial charge in [0.05, 0.1) is 7.11 Å². The van der Waals surface area contributed by atoms with Gasteiger partial charge in [-0.15, -0.1) is 0 Å². The first-order valence-electron chi connectivity index (χ1n) is 6.16. The molecule has 0 spiro atoms. The van der Waals surface area contributed by atoms with Gasteiger partial charge < -0.3 is 9.47 Å². The standard InChI is InChI=1S/C16H16O2/c1-11-3-5-12(6-4-11)16-10-13-9-14(17-2)7-8-15(13)18-16/h3-9,16H,10H2,1-2H3. The third kappa shape index (κ3) is 1.94. The second-order valence-corrected chi connectivity index (χ2v) is 4.69. The lowest BCUT2D eigenvalue weighted by Gasteiger charge is -2.10. The molecule has 1 aliphatic rings. The van der Waals surface area contributed by atoms with Gasteiger partial charge in [-0.05, 0) is 30.7 Å². The molecular weight excluding hydrogens is 224 g/mol. The number of rotatable bonds is 2. The van der Waals surface area contributed by atoms with Crippen molar-refractivity contribution in [2.75, 3.05) is 7.11 Å². The molecule has 0 saturated carbocycles. The Kier molecular flexibility index (Phi) is 2.71. The number of benzene rings is 2. The van der Waals surface area contributed by atoms with E-state index in [-0.39, 0.29) is 6.10 Å². The van der Waals surface area contributed by atoms with Crippen LogP contribution in [0.4, 0.5) is 0 Å². The molecule has 0 bridgehead atoms. The van der Waals surface area contributed by atoms with E-state index in [2.05, 4.69) is 37.3 Å². The van der Waals surface area contributed by atoms with E-state index in [1.165, 1.54) is 16.7 Å². The van der Waals surface area contributed by atoms with Crippen LogP contribution in [0.25, 0.3) is 0 Å². The second kappa shape index (κ2) is 4.37. The normalized spacial score (nSPS) is 17.1. The Bertz CT molecular complexity index is 558. The maximum Gasteiger partial charge on any atom is 0.128 e. The molecule has 0 amide bonds. The van der Waals surface area contributed by atoms with E-state index >= 15 is 0 Å². The van der Waals surface area contributed by atoms with Crippen LogP contribution < -0.4 is 9.47 Å². The van der Waals surface area contributed by atoms with E-state index in [0.29, 0.717) is 0 Å². The summed E-state index contributed by atoms with van der Waals surface area (Å²) in [6.07, 6.45) is 1.04. The number of hydrogen-bond acceptors (Lipinski definition) is 2. The van der Waals surface area contributed by atoms with Crippen molar-refractivity contribution < 1.29 is 9.47 Å². The maximum absolute atomic E-state index is 5.98. The summed E-state index contributed by atoms with van der Waals surface area (Å²) in [4.78, 5) is 0. The summed E-state index contributed by atoms with van der Waals surface area (Å²) >= 11 is 0. The minimum Gasteiger partial charge on any atom is -0.497 e. The van der Waals surface area contributed by atoms with Crippen molar-refractivity contribution >= 4 is 0 Å². The van der Waals surface area contributed by atoms with Gasteiger partial charge in [0.15, 0.2) is 0 Å². The molecule has 2 aromatic rings. The summed E-state index contributed by atoms with van der Waals surface area (Å²) in [6.45, 7) is 2.10. The van der Waals surface area contributed by atoms with Crippen molar-refractivity contribution in [2.24, 2.45) is 0 Å². The Hall–Kier alpha value is -1.96. The molecule has 1 atom stereocenters. The lowest BCUT2D eigenvalue weighted by Crippen LogP contribution is -2.02. The Labute approximate surface area is 107 Å². The first-order chi connectivity index (χ1) is 8.76. The van der Waals surface area contributed by atoms with Gasteiger partial charge in [0.1, 0.15) is 17.6 Å². The highest BCUT2D eigenvalue weighted by Crippen LogP contribution is 2.38. The van der Waals surface area contributed by atoms with E-state index in [9.17, 15) is 0 Å². The zero-order chi connectivity index (χ0) is 12.5. The van der Waals surface area contributed by atoms with Crippen LogP contribution in [-0.4, -0.2) is 7.11 Å². The number of hydrogen-bond donors (Lipinski definition) is 0. The predicted molar refractivity (Wildman–Crippen MR) is 71.2 cm³/mol. The van der Waals surface area contributed by atoms with Crippen LogP contribution in [0, 0.1) is 6.92 Å². The molecule has 92 valence electrons. The van der Waals surface area contributed by atoms with Gasteiger partial charge in [-0.25, -0.2) is 0 Å². The number of methoxy groups -OCH3 is 1. The number of ether oxygens (including phenoxy) is 2. The molecule has 1 aliphatic heterocycles. The van der Waals surface area contributed by atoms with Crippen LogP contribution in [-0.2, 0) is 6.42 Å². The minimum atomic E-state index is 0.132. The topological polar surface area (TPSA) is 18.5 Å². The summed E-state index contributed by atoms with van der Waals surface area (Å²) in [6, 6.07) is 14.5. The zero-order valence-electron chi connectivity index (χ0n) is 10.6. The first-order valence-corrected chi connectivity index (χ1v) is 6.16. The molecule has 3 rings (SSSR count). The Morgan fingerprint density at radius 1 is 1.11 bits per heavy atom. The molecule has 0 radical (unpaired) electrons. The quantitative estimate of drug-likeness (QED) is 0.797. The fourth-order valence-electron chi connectivity index (χ4n) is 2.32. The zero-order valence-corrected chi connectivity index (χ0v) is 10.6. The SMILES string of the molecule is COc1ccc2c(c1)CC(c1ccc(C)cc1)O2. The second-order valence-electron chi connectivity index (χ2n) is 4.69. The number of aryl methyl sites for hydroxylation is 1. The molecular formula is C16H16O2. The van der Waals surface area contributed by atoms with Gasteiger partial charge in [0.25, 0.3) is 0 Å². The summed E-state index contributed by atoms with van der Waals surface area (Å²) in [7, 11) is 1.69. The monoisotopic (exact) mass is 240 g/mol. The van der Waals surface area contributed by atoms with Crippen molar-refractivity contribution in [1.82, 2.24) is 0 Å². The fraction of sp³-hybridized carbons (Fsp3) is 0.250. The smallest absolute Gasteiger partial charge is 0.128 e. The molecule has 0 N–H and O–H groups in total. The van der Waals surface area contributed by atoms with Crippen LogP contribution in [0.3, 0.4) is 0 Å². The third-order valence-corrected chi connectivity index (χ3v) is 3.39. The molecule has 2 heteroatoms. The van der Waals surface area contributed by atoms with E-state index in [4.69, 9.17) is 9.47 Å². The van der Waals surface area contributed by atoms with Crippen LogP contribution in [0.1, 0.15) is 22.8 Å². The Balaban J connectivity index is 1.86. The molecule has 1 heterocycles. The van der Waals surface area contributed by atoms with Gasteiger partial charge in [-0.1, -0.05) is 29.8 Å². The van der Waals surface area contributed by atoms with Crippen molar-refractivity contribution in [2.45, 2.75) is 19.4 Å². The molecule has 0 fully saturated rings. The fourth-order valence-corrected chi connectivity index (χ4v) is 2.32. The molecule has 2 aromatic carbocycles. The lowest BCUT2D eigenvalue weighted by molar-refractivity contribution is 0.238. The van der Waals surface area contributed by atoms with Crippen LogP contribution >= 0.6 is 0 Å². The van der Waals surface area contributed by atoms with Gasteiger partial charge in [0.2, 0.25) is 0 Å². The van der Waals surface area contributed by atoms with Crippen LogP contribution in [0.15, 0.2) is 42.5 Å². The average molecular weight is 240 g/mol. The summed E-state index contributed by atoms with van der Waals surface area (Å²) in [5.41, 5.74) is 3.73. The molecule has 18 heavy (non-hydrogen) atoms. The average Bonchev–Trinajstić information content (AvgIpc) is 2.82. The van der Waals surface area contributed by atoms with E-state index < -0.39 is 0 Å². The lowest BCUT2D eigenvalue weighted by atomic mass is 10.0. The summed E-state index contributed by atoms with van der Waals surface area (Å²) in [5, 5.41) is 0. The van der Waals surface area contributed by atoms with Crippen molar-refractivity contribution in [3.8, 4) is 11.5 Å². The van der Waals surface area contributed by atoms with Crippen molar-refractivity contribution in [1.29, 1.82) is 0 Å². The predicted octanol–water partition coefficient (Wildman–Crippen LogP) is 3.68. The highest BCUT2D eigenvalue weighted by Gasteiger charge is 2.24. The summed E-state index contributed by atoms with van der Waals surface area (Å²) < 4.78 is 11.2. The van der Waals surface area contributed by atoms with E-state index in [0.717, 1.165) is 17.9 Å². The largest absolute Gasteiger partial charge is 0.497 e. The van der Waals surface area contributed by atoms with Crippen molar-refractivity contribution in [3.63, 3.8) is 0 Å². The van der Waals surface area contributed by atoms with Gasteiger partial charge in [-0.3, -0.25) is 0 Å². The minimum absolute atomic E-state index is 0.132.